The first-order valence-corrected chi connectivity index (χ1v) is 9.00. The summed E-state index contributed by atoms with van der Waals surface area (Å²) in [6, 6.07) is 16.6. The third-order valence-corrected chi connectivity index (χ3v) is 4.44. The molecule has 3 aromatic carbocycles. The van der Waals surface area contributed by atoms with Crippen molar-refractivity contribution in [3.05, 3.63) is 89.2 Å². The summed E-state index contributed by atoms with van der Waals surface area (Å²) in [6.07, 6.45) is 3.68. The van der Waals surface area contributed by atoms with Gasteiger partial charge in [-0.1, -0.05) is 24.3 Å². The number of rotatable bonds is 6. The van der Waals surface area contributed by atoms with Crippen LogP contribution in [0.2, 0.25) is 0 Å². The van der Waals surface area contributed by atoms with Crippen molar-refractivity contribution in [2.24, 2.45) is 0 Å². The lowest BCUT2D eigenvalue weighted by Gasteiger charge is -2.14. The summed E-state index contributed by atoms with van der Waals surface area (Å²) in [4.78, 5) is 7.74. The maximum Gasteiger partial charge on any atom is 0.168 e. The summed E-state index contributed by atoms with van der Waals surface area (Å²) in [5.41, 5.74) is 2.82. The number of hydrogen-bond donors (Lipinski definition) is 1. The number of fused-ring (bicyclic) bond motifs is 1. The van der Waals surface area contributed by atoms with Crippen LogP contribution in [0, 0.1) is 11.6 Å². The molecule has 0 radical (unpaired) electrons. The van der Waals surface area contributed by atoms with E-state index in [-0.39, 0.29) is 12.2 Å². The largest absolute Gasteiger partial charge is 0.493 e. The third kappa shape index (κ3) is 4.11. The molecule has 0 amide bonds. The fraction of sp³-hybridized carbons (Fsp3) is 0.0870. The van der Waals surface area contributed by atoms with Crippen LogP contribution in [0.25, 0.3) is 23.2 Å². The van der Waals surface area contributed by atoms with Gasteiger partial charge in [0.15, 0.2) is 11.5 Å². The van der Waals surface area contributed by atoms with Gasteiger partial charge < -0.3 is 14.5 Å². The van der Waals surface area contributed by atoms with Gasteiger partial charge in [0, 0.05) is 17.2 Å². The third-order valence-electron chi connectivity index (χ3n) is 4.44. The van der Waals surface area contributed by atoms with E-state index in [9.17, 15) is 8.78 Å². The van der Waals surface area contributed by atoms with Gasteiger partial charge in [0.1, 0.15) is 24.1 Å². The predicted octanol–water partition coefficient (Wildman–Crippen LogP) is 5.60. The fourth-order valence-corrected chi connectivity index (χ4v) is 2.99. The van der Waals surface area contributed by atoms with Crippen molar-refractivity contribution in [3.63, 3.8) is 0 Å². The van der Waals surface area contributed by atoms with Crippen molar-refractivity contribution in [2.45, 2.75) is 6.61 Å². The zero-order chi connectivity index (χ0) is 20.2. The van der Waals surface area contributed by atoms with Crippen molar-refractivity contribution in [3.8, 4) is 11.5 Å². The maximum atomic E-state index is 13.9. The molecule has 4 nitrogen and oxygen atoms in total. The van der Waals surface area contributed by atoms with Crippen LogP contribution < -0.4 is 9.47 Å². The van der Waals surface area contributed by atoms with Crippen LogP contribution in [-0.4, -0.2) is 17.1 Å². The number of para-hydroxylation sites is 3. The van der Waals surface area contributed by atoms with Gasteiger partial charge in [0.2, 0.25) is 0 Å². The topological polar surface area (TPSA) is 47.1 Å². The minimum atomic E-state index is -0.653. The molecular formula is C23H18F2N2O2. The summed E-state index contributed by atoms with van der Waals surface area (Å²) in [5.74, 6) is 0.396. The Hall–Kier alpha value is -3.67. The van der Waals surface area contributed by atoms with E-state index < -0.39 is 11.6 Å². The quantitative estimate of drug-likeness (QED) is 0.465. The number of aromatic nitrogens is 2. The molecule has 1 heterocycles. The SMILES string of the molecule is COc1cccc(/C=C/c2nc3ccccc3[nH]2)c1OCc1ccc(F)cc1F. The van der Waals surface area contributed by atoms with Crippen molar-refractivity contribution < 1.29 is 18.3 Å². The number of hydrogen-bond acceptors (Lipinski definition) is 3. The van der Waals surface area contributed by atoms with Gasteiger partial charge >= 0.3 is 0 Å². The molecule has 0 aliphatic heterocycles. The maximum absolute atomic E-state index is 13.9. The molecule has 0 spiro atoms. The second-order valence-electron chi connectivity index (χ2n) is 6.38. The fourth-order valence-electron chi connectivity index (χ4n) is 2.99. The van der Waals surface area contributed by atoms with Crippen molar-refractivity contribution in [1.29, 1.82) is 0 Å². The van der Waals surface area contributed by atoms with Gasteiger partial charge in [0.05, 0.1) is 18.1 Å². The predicted molar refractivity (Wildman–Crippen MR) is 109 cm³/mol. The molecule has 0 saturated carbocycles. The second kappa shape index (κ2) is 8.14. The molecule has 6 heteroatoms. The zero-order valence-electron chi connectivity index (χ0n) is 15.7. The average molecular weight is 392 g/mol. The first kappa shape index (κ1) is 18.7. The van der Waals surface area contributed by atoms with Gasteiger partial charge in [-0.05, 0) is 42.5 Å². The highest BCUT2D eigenvalue weighted by Gasteiger charge is 2.11. The molecule has 0 aliphatic carbocycles. The van der Waals surface area contributed by atoms with Crippen LogP contribution in [0.4, 0.5) is 8.78 Å². The van der Waals surface area contributed by atoms with Crippen LogP contribution in [0.1, 0.15) is 17.0 Å². The van der Waals surface area contributed by atoms with Crippen LogP contribution in [0.3, 0.4) is 0 Å². The number of benzene rings is 3. The Labute approximate surface area is 166 Å². The van der Waals surface area contributed by atoms with E-state index in [1.54, 1.807) is 6.07 Å². The van der Waals surface area contributed by atoms with E-state index in [0.29, 0.717) is 17.3 Å². The van der Waals surface area contributed by atoms with E-state index in [2.05, 4.69) is 9.97 Å². The molecule has 0 fully saturated rings. The highest BCUT2D eigenvalue weighted by molar-refractivity contribution is 5.79. The smallest absolute Gasteiger partial charge is 0.168 e. The van der Waals surface area contributed by atoms with Gasteiger partial charge in [-0.25, -0.2) is 13.8 Å². The molecule has 0 saturated heterocycles. The number of nitrogens with one attached hydrogen (secondary N) is 1. The van der Waals surface area contributed by atoms with E-state index in [1.165, 1.54) is 19.2 Å². The number of nitrogens with zero attached hydrogens (tertiary/aromatic N) is 1. The first-order valence-electron chi connectivity index (χ1n) is 9.00. The summed E-state index contributed by atoms with van der Waals surface area (Å²) in [5, 5.41) is 0. The van der Waals surface area contributed by atoms with E-state index in [0.717, 1.165) is 22.7 Å². The Bertz CT molecular complexity index is 1150. The highest BCUT2D eigenvalue weighted by atomic mass is 19.1. The molecular weight excluding hydrogens is 374 g/mol. The van der Waals surface area contributed by atoms with Crippen molar-refractivity contribution in [1.82, 2.24) is 9.97 Å². The zero-order valence-corrected chi connectivity index (χ0v) is 15.7. The molecule has 146 valence electrons. The molecule has 0 aliphatic rings. The molecule has 4 rings (SSSR count). The minimum Gasteiger partial charge on any atom is -0.493 e. The van der Waals surface area contributed by atoms with Gasteiger partial charge in [-0.15, -0.1) is 0 Å². The van der Waals surface area contributed by atoms with Gasteiger partial charge in [-0.3, -0.25) is 0 Å². The van der Waals surface area contributed by atoms with E-state index in [4.69, 9.17) is 9.47 Å². The number of aromatic amines is 1. The lowest BCUT2D eigenvalue weighted by molar-refractivity contribution is 0.279. The minimum absolute atomic E-state index is 0.0576. The number of methoxy groups -OCH3 is 1. The molecule has 4 aromatic rings. The summed E-state index contributed by atoms with van der Waals surface area (Å²) < 4.78 is 38.3. The van der Waals surface area contributed by atoms with Crippen LogP contribution in [0.15, 0.2) is 60.7 Å². The van der Waals surface area contributed by atoms with Gasteiger partial charge in [0.25, 0.3) is 0 Å². The van der Waals surface area contributed by atoms with E-state index in [1.807, 2.05) is 48.6 Å². The number of H-pyrrole nitrogens is 1. The lowest BCUT2D eigenvalue weighted by atomic mass is 10.1. The van der Waals surface area contributed by atoms with Crippen LogP contribution in [0.5, 0.6) is 11.5 Å². The summed E-state index contributed by atoms with van der Waals surface area (Å²) >= 11 is 0. The molecule has 1 N–H and O–H groups in total. The van der Waals surface area contributed by atoms with Gasteiger partial charge in [-0.2, -0.15) is 0 Å². The monoisotopic (exact) mass is 392 g/mol. The Morgan fingerprint density at radius 3 is 2.66 bits per heavy atom. The van der Waals surface area contributed by atoms with Crippen LogP contribution >= 0.6 is 0 Å². The van der Waals surface area contributed by atoms with Crippen molar-refractivity contribution >= 4 is 23.2 Å². The summed E-state index contributed by atoms with van der Waals surface area (Å²) in [7, 11) is 1.54. The van der Waals surface area contributed by atoms with Crippen molar-refractivity contribution in [2.75, 3.05) is 7.11 Å². The molecule has 1 aromatic heterocycles. The Morgan fingerprint density at radius 2 is 1.86 bits per heavy atom. The normalized spacial score (nSPS) is 11.3. The molecule has 0 bridgehead atoms. The number of ether oxygens (including phenoxy) is 2. The molecule has 0 atom stereocenters. The standard InChI is InChI=1S/C23H18F2N2O2/c1-28-21-8-4-5-15(10-12-22-26-19-6-2-3-7-20(19)27-22)23(21)29-14-16-9-11-17(24)13-18(16)25/h2-13H,14H2,1H3,(H,26,27)/b12-10+. The van der Waals surface area contributed by atoms with Crippen LogP contribution in [-0.2, 0) is 6.61 Å². The molecule has 0 unspecified atom stereocenters. The number of imidazole rings is 1. The summed E-state index contributed by atoms with van der Waals surface area (Å²) in [6.45, 7) is -0.0576. The molecule has 29 heavy (non-hydrogen) atoms. The Balaban J connectivity index is 1.61. The first-order chi connectivity index (χ1) is 14.1. The highest BCUT2D eigenvalue weighted by Crippen LogP contribution is 2.33. The lowest BCUT2D eigenvalue weighted by Crippen LogP contribution is -2.02. The van der Waals surface area contributed by atoms with E-state index >= 15 is 0 Å². The second-order valence-corrected chi connectivity index (χ2v) is 6.38. The number of halogens is 2. The Kier molecular flexibility index (Phi) is 5.24. The Morgan fingerprint density at radius 1 is 1.00 bits per heavy atom. The average Bonchev–Trinajstić information content (AvgIpc) is 3.15.